The molecule has 1 aliphatic rings. The maximum atomic E-state index is 12.8. The van der Waals surface area contributed by atoms with E-state index in [4.69, 9.17) is 14.2 Å². The molecule has 0 aliphatic carbocycles. The van der Waals surface area contributed by atoms with Gasteiger partial charge in [-0.15, -0.1) is 0 Å². The second-order valence-corrected chi connectivity index (χ2v) is 10.1. The Morgan fingerprint density at radius 1 is 1.03 bits per heavy atom. The molecular weight excluding hydrogens is 488 g/mol. The summed E-state index contributed by atoms with van der Waals surface area (Å²) in [6.07, 6.45) is 1.41. The molecule has 1 saturated heterocycles. The van der Waals surface area contributed by atoms with Crippen molar-refractivity contribution in [1.82, 2.24) is 14.6 Å². The van der Waals surface area contributed by atoms with Crippen LogP contribution in [0.25, 0.3) is 0 Å². The summed E-state index contributed by atoms with van der Waals surface area (Å²) in [5, 5.41) is 3.97. The van der Waals surface area contributed by atoms with Gasteiger partial charge in [-0.3, -0.25) is 14.5 Å². The minimum absolute atomic E-state index is 0.0772. The van der Waals surface area contributed by atoms with E-state index < -0.39 is 16.0 Å². The Labute approximate surface area is 210 Å². The zero-order valence-electron chi connectivity index (χ0n) is 20.7. The van der Waals surface area contributed by atoms with Gasteiger partial charge < -0.3 is 14.2 Å². The molecule has 3 rings (SSSR count). The maximum absolute atomic E-state index is 12.8. The first-order chi connectivity index (χ1) is 17.1. The number of hydrazone groups is 1. The Hall–Kier alpha value is -3.48. The van der Waals surface area contributed by atoms with Crippen molar-refractivity contribution in [1.29, 1.82) is 0 Å². The van der Waals surface area contributed by atoms with E-state index in [9.17, 15) is 18.0 Å². The summed E-state index contributed by atoms with van der Waals surface area (Å²) in [6, 6.07) is 9.94. The van der Waals surface area contributed by atoms with Crippen molar-refractivity contribution in [2.75, 3.05) is 46.9 Å². The SMILES string of the molecule is COc1cc(/C=N\NC(=O)CN2CCN(S(=O)(=O)c3ccc(C)cc3)CC2)cc(OC)c1OC(C)=O. The number of benzene rings is 2. The van der Waals surface area contributed by atoms with Crippen molar-refractivity contribution in [2.45, 2.75) is 18.7 Å². The van der Waals surface area contributed by atoms with E-state index in [1.54, 1.807) is 36.4 Å². The van der Waals surface area contributed by atoms with Crippen LogP contribution in [0.15, 0.2) is 46.4 Å². The lowest BCUT2D eigenvalue weighted by atomic mass is 10.2. The normalized spacial score (nSPS) is 15.0. The number of nitrogens with zero attached hydrogens (tertiary/aromatic N) is 3. The van der Waals surface area contributed by atoms with Gasteiger partial charge in [0.1, 0.15) is 0 Å². The fraction of sp³-hybridized carbons (Fsp3) is 0.375. The first-order valence-corrected chi connectivity index (χ1v) is 12.6. The molecule has 0 radical (unpaired) electrons. The average molecular weight is 519 g/mol. The lowest BCUT2D eigenvalue weighted by molar-refractivity contribution is -0.132. The first kappa shape index (κ1) is 27.1. The number of nitrogens with one attached hydrogen (secondary N) is 1. The van der Waals surface area contributed by atoms with Crippen LogP contribution in [-0.2, 0) is 19.6 Å². The zero-order chi connectivity index (χ0) is 26.3. The highest BCUT2D eigenvalue weighted by molar-refractivity contribution is 7.89. The van der Waals surface area contributed by atoms with Gasteiger partial charge in [0.05, 0.1) is 31.9 Å². The number of hydrogen-bond acceptors (Lipinski definition) is 9. The van der Waals surface area contributed by atoms with Crippen molar-refractivity contribution in [3.05, 3.63) is 47.5 Å². The number of carbonyl (C=O) groups is 2. The van der Waals surface area contributed by atoms with Crippen molar-refractivity contribution in [2.24, 2.45) is 5.10 Å². The van der Waals surface area contributed by atoms with Crippen molar-refractivity contribution in [3.8, 4) is 17.2 Å². The van der Waals surface area contributed by atoms with E-state index in [1.165, 1.54) is 31.7 Å². The molecule has 2 aromatic rings. The molecule has 0 bridgehead atoms. The summed E-state index contributed by atoms with van der Waals surface area (Å²) in [7, 11) is -0.709. The number of aryl methyl sites for hydroxylation is 1. The number of carbonyl (C=O) groups excluding carboxylic acids is 2. The second-order valence-electron chi connectivity index (χ2n) is 8.13. The molecule has 0 aromatic heterocycles. The minimum Gasteiger partial charge on any atom is -0.493 e. The highest BCUT2D eigenvalue weighted by Crippen LogP contribution is 2.38. The molecule has 1 fully saturated rings. The van der Waals surface area contributed by atoms with E-state index in [0.29, 0.717) is 31.7 Å². The van der Waals surface area contributed by atoms with Gasteiger partial charge in [0, 0.05) is 38.7 Å². The third-order valence-electron chi connectivity index (χ3n) is 5.49. The third-order valence-corrected chi connectivity index (χ3v) is 7.40. The Balaban J connectivity index is 1.54. The highest BCUT2D eigenvalue weighted by Gasteiger charge is 2.29. The predicted octanol–water partition coefficient (Wildman–Crippen LogP) is 1.39. The number of methoxy groups -OCH3 is 2. The summed E-state index contributed by atoms with van der Waals surface area (Å²) in [5.41, 5.74) is 4.00. The molecule has 1 aliphatic heterocycles. The average Bonchev–Trinajstić information content (AvgIpc) is 2.85. The monoisotopic (exact) mass is 518 g/mol. The minimum atomic E-state index is -3.56. The standard InChI is InChI=1S/C24H30N4O7S/c1-17-5-7-20(8-6-17)36(31,32)28-11-9-27(10-12-28)16-23(30)26-25-15-19-13-21(33-3)24(35-18(2)29)22(14-19)34-4/h5-8,13-15H,9-12,16H2,1-4H3,(H,26,30)/b25-15-. The van der Waals surface area contributed by atoms with Crippen molar-refractivity contribution in [3.63, 3.8) is 0 Å². The van der Waals surface area contributed by atoms with Gasteiger partial charge in [-0.05, 0) is 31.2 Å². The molecule has 194 valence electrons. The molecular formula is C24H30N4O7S. The van der Waals surface area contributed by atoms with Crippen LogP contribution >= 0.6 is 0 Å². The summed E-state index contributed by atoms with van der Waals surface area (Å²) in [5.74, 6) is -0.158. The number of piperazine rings is 1. The summed E-state index contributed by atoms with van der Waals surface area (Å²) < 4.78 is 42.8. The molecule has 1 heterocycles. The third kappa shape index (κ3) is 6.80. The molecule has 0 saturated carbocycles. The van der Waals surface area contributed by atoms with Crippen LogP contribution in [0, 0.1) is 6.92 Å². The van der Waals surface area contributed by atoms with Crippen LogP contribution in [0.2, 0.25) is 0 Å². The smallest absolute Gasteiger partial charge is 0.308 e. The Morgan fingerprint density at radius 2 is 1.61 bits per heavy atom. The fourth-order valence-corrected chi connectivity index (χ4v) is 5.05. The van der Waals surface area contributed by atoms with Crippen molar-refractivity contribution >= 4 is 28.1 Å². The Kier molecular flexibility index (Phi) is 9.02. The van der Waals surface area contributed by atoms with Gasteiger partial charge in [-0.25, -0.2) is 13.8 Å². The van der Waals surface area contributed by atoms with Gasteiger partial charge in [-0.1, -0.05) is 17.7 Å². The predicted molar refractivity (Wildman–Crippen MR) is 133 cm³/mol. The molecule has 2 aromatic carbocycles. The summed E-state index contributed by atoms with van der Waals surface area (Å²) in [6.45, 7) is 4.68. The van der Waals surface area contributed by atoms with E-state index in [2.05, 4.69) is 10.5 Å². The highest BCUT2D eigenvalue weighted by atomic mass is 32.2. The lowest BCUT2D eigenvalue weighted by Gasteiger charge is -2.33. The molecule has 11 nitrogen and oxygen atoms in total. The van der Waals surface area contributed by atoms with Crippen molar-refractivity contribution < 1.29 is 32.2 Å². The topological polar surface area (TPSA) is 127 Å². The molecule has 1 N–H and O–H groups in total. The second kappa shape index (κ2) is 12.0. The van der Waals surface area contributed by atoms with Gasteiger partial charge >= 0.3 is 5.97 Å². The Morgan fingerprint density at radius 3 is 2.14 bits per heavy atom. The van der Waals surface area contributed by atoms with Crippen LogP contribution in [0.3, 0.4) is 0 Å². The van der Waals surface area contributed by atoms with E-state index in [1.807, 2.05) is 11.8 Å². The number of hydrogen-bond donors (Lipinski definition) is 1. The molecule has 0 atom stereocenters. The summed E-state index contributed by atoms with van der Waals surface area (Å²) in [4.78, 5) is 25.8. The first-order valence-electron chi connectivity index (χ1n) is 11.2. The van der Waals surface area contributed by atoms with E-state index in [-0.39, 0.29) is 34.6 Å². The molecule has 12 heteroatoms. The molecule has 0 spiro atoms. The Bertz CT molecular complexity index is 1200. The van der Waals surface area contributed by atoms with Crippen LogP contribution in [0.4, 0.5) is 0 Å². The van der Waals surface area contributed by atoms with Gasteiger partial charge in [0.25, 0.3) is 5.91 Å². The van der Waals surface area contributed by atoms with Crippen LogP contribution in [-0.4, -0.2) is 82.7 Å². The number of rotatable bonds is 9. The molecule has 0 unspecified atom stereocenters. The fourth-order valence-electron chi connectivity index (χ4n) is 3.62. The number of esters is 1. The number of amides is 1. The summed E-state index contributed by atoms with van der Waals surface area (Å²) >= 11 is 0. The largest absolute Gasteiger partial charge is 0.493 e. The van der Waals surface area contributed by atoms with E-state index >= 15 is 0 Å². The number of ether oxygens (including phenoxy) is 3. The number of sulfonamides is 1. The van der Waals surface area contributed by atoms with Crippen LogP contribution < -0.4 is 19.6 Å². The van der Waals surface area contributed by atoms with Crippen LogP contribution in [0.1, 0.15) is 18.1 Å². The lowest BCUT2D eigenvalue weighted by Crippen LogP contribution is -2.50. The van der Waals surface area contributed by atoms with Gasteiger partial charge in [0.2, 0.25) is 15.8 Å². The van der Waals surface area contributed by atoms with Gasteiger partial charge in [-0.2, -0.15) is 9.41 Å². The van der Waals surface area contributed by atoms with Gasteiger partial charge in [0.15, 0.2) is 11.5 Å². The zero-order valence-corrected chi connectivity index (χ0v) is 21.5. The quantitative estimate of drug-likeness (QED) is 0.228. The molecule has 36 heavy (non-hydrogen) atoms. The van der Waals surface area contributed by atoms with Crippen LogP contribution in [0.5, 0.6) is 17.2 Å². The molecule has 1 amide bonds. The van der Waals surface area contributed by atoms with E-state index in [0.717, 1.165) is 5.56 Å². The maximum Gasteiger partial charge on any atom is 0.308 e.